The number of methoxy groups -OCH3 is 1. The van der Waals surface area contributed by atoms with Crippen LogP contribution in [0.4, 0.5) is 0 Å². The van der Waals surface area contributed by atoms with Gasteiger partial charge in [0.05, 0.1) is 24.7 Å². The summed E-state index contributed by atoms with van der Waals surface area (Å²) >= 11 is 0. The summed E-state index contributed by atoms with van der Waals surface area (Å²) in [6.07, 6.45) is -0.0738. The minimum atomic E-state index is -1.41. The summed E-state index contributed by atoms with van der Waals surface area (Å²) in [5, 5.41) is 0. The minimum Gasteiger partial charge on any atom is -0.466 e. The van der Waals surface area contributed by atoms with Gasteiger partial charge in [-0.1, -0.05) is 12.7 Å². The Morgan fingerprint density at radius 2 is 1.78 bits per heavy atom. The van der Waals surface area contributed by atoms with Gasteiger partial charge in [0.15, 0.2) is 17.8 Å². The maximum absolute atomic E-state index is 13.0. The van der Waals surface area contributed by atoms with E-state index < -0.39 is 65.9 Å². The van der Waals surface area contributed by atoms with Crippen molar-refractivity contribution < 1.29 is 47.6 Å². The van der Waals surface area contributed by atoms with Gasteiger partial charge in [0.2, 0.25) is 0 Å². The molecule has 0 spiro atoms. The van der Waals surface area contributed by atoms with Gasteiger partial charge in [0, 0.05) is 12.5 Å². The standard InChI is InChI=1S/C22H24O10/c1-9-16-14(30-19(9)24)7-6-13-15(29-13)8-12(20(25)27-5)17(28-11(3)23)18(16)31-21(26)22(4)10(2)32-22/h6-8,10,13-18H,1H2,2-5H3/b7-6?,12-8+/t10-,13-,14+,15+,16-,17+,18-,22-/m0/s1. The van der Waals surface area contributed by atoms with Crippen molar-refractivity contribution in [2.45, 2.75) is 63.0 Å². The SMILES string of the molecule is C=C1C(=O)O[C@@H]2C=C[C@@H]3O[C@@H]3/C=C(/C(=O)OC)[C@@H](OC(C)=O)[C@@H](OC(=O)[C@@]3(C)O[C@H]3C)[C@@H]12. The summed E-state index contributed by atoms with van der Waals surface area (Å²) in [4.78, 5) is 50.0. The molecule has 0 saturated carbocycles. The first-order valence-corrected chi connectivity index (χ1v) is 10.2. The van der Waals surface area contributed by atoms with Crippen molar-refractivity contribution in [1.82, 2.24) is 0 Å². The molecule has 3 aliphatic heterocycles. The van der Waals surface area contributed by atoms with Crippen molar-refractivity contribution in [1.29, 1.82) is 0 Å². The highest BCUT2D eigenvalue weighted by Gasteiger charge is 2.60. The maximum atomic E-state index is 13.0. The van der Waals surface area contributed by atoms with E-state index in [1.54, 1.807) is 26.0 Å². The van der Waals surface area contributed by atoms with E-state index in [-0.39, 0.29) is 17.3 Å². The average molecular weight is 448 g/mol. The molecule has 32 heavy (non-hydrogen) atoms. The van der Waals surface area contributed by atoms with Gasteiger partial charge in [-0.25, -0.2) is 14.4 Å². The molecule has 0 aromatic rings. The molecule has 0 N–H and O–H groups in total. The number of hydrogen-bond acceptors (Lipinski definition) is 10. The summed E-state index contributed by atoms with van der Waals surface area (Å²) in [7, 11) is 1.17. The van der Waals surface area contributed by atoms with E-state index in [2.05, 4.69) is 6.58 Å². The first-order valence-electron chi connectivity index (χ1n) is 10.2. The molecule has 3 fully saturated rings. The number of carbonyl (C=O) groups excluding carboxylic acids is 4. The highest BCUT2D eigenvalue weighted by Crippen LogP contribution is 2.42. The maximum Gasteiger partial charge on any atom is 0.341 e. The molecule has 10 nitrogen and oxygen atoms in total. The van der Waals surface area contributed by atoms with Crippen LogP contribution >= 0.6 is 0 Å². The first kappa shape index (κ1) is 22.2. The Kier molecular flexibility index (Phi) is 5.46. The third kappa shape index (κ3) is 3.84. The molecule has 172 valence electrons. The number of carbonyl (C=O) groups is 4. The van der Waals surface area contributed by atoms with Crippen LogP contribution in [-0.4, -0.2) is 73.2 Å². The van der Waals surface area contributed by atoms with Crippen molar-refractivity contribution in [3.05, 3.63) is 36.0 Å². The van der Waals surface area contributed by atoms with Crippen LogP contribution in [0.15, 0.2) is 36.0 Å². The molecule has 3 saturated heterocycles. The van der Waals surface area contributed by atoms with Gasteiger partial charge in [-0.15, -0.1) is 0 Å². The second kappa shape index (κ2) is 7.86. The topological polar surface area (TPSA) is 130 Å². The van der Waals surface area contributed by atoms with Crippen molar-refractivity contribution in [3.8, 4) is 0 Å². The largest absolute Gasteiger partial charge is 0.466 e. The van der Waals surface area contributed by atoms with Gasteiger partial charge in [-0.3, -0.25) is 4.79 Å². The van der Waals surface area contributed by atoms with Crippen LogP contribution in [0, 0.1) is 5.92 Å². The third-order valence-electron chi connectivity index (χ3n) is 6.12. The molecule has 0 bridgehead atoms. The fourth-order valence-corrected chi connectivity index (χ4v) is 3.97. The summed E-state index contributed by atoms with van der Waals surface area (Å²) in [6, 6.07) is 0. The fraction of sp³-hybridized carbons (Fsp3) is 0.545. The molecule has 0 amide bonds. The molecule has 1 aliphatic carbocycles. The molecule has 0 aromatic heterocycles. The predicted octanol–water partition coefficient (Wildman–Crippen LogP) is 0.542. The quantitative estimate of drug-likeness (QED) is 0.197. The smallest absolute Gasteiger partial charge is 0.341 e. The van der Waals surface area contributed by atoms with Gasteiger partial charge >= 0.3 is 23.9 Å². The number of ether oxygens (including phenoxy) is 6. The van der Waals surface area contributed by atoms with Crippen molar-refractivity contribution in [2.75, 3.05) is 7.11 Å². The molecule has 8 atom stereocenters. The molecule has 0 radical (unpaired) electrons. The van der Waals surface area contributed by atoms with Crippen molar-refractivity contribution >= 4 is 23.9 Å². The number of epoxide rings is 2. The van der Waals surface area contributed by atoms with Crippen molar-refractivity contribution in [2.24, 2.45) is 5.92 Å². The van der Waals surface area contributed by atoms with Crippen LogP contribution < -0.4 is 0 Å². The molecular formula is C22H24O10. The van der Waals surface area contributed by atoms with Crippen LogP contribution in [-0.2, 0) is 47.6 Å². The minimum absolute atomic E-state index is 0.0163. The lowest BCUT2D eigenvalue weighted by Crippen LogP contribution is -2.48. The zero-order chi connectivity index (χ0) is 23.4. The molecule has 3 heterocycles. The van der Waals surface area contributed by atoms with E-state index in [1.165, 1.54) is 13.2 Å². The Morgan fingerprint density at radius 3 is 2.38 bits per heavy atom. The Hall–Kier alpha value is -2.98. The van der Waals surface area contributed by atoms with Gasteiger partial charge < -0.3 is 28.4 Å². The Bertz CT molecular complexity index is 948. The van der Waals surface area contributed by atoms with Crippen molar-refractivity contribution in [3.63, 3.8) is 0 Å². The van der Waals surface area contributed by atoms with E-state index in [0.717, 1.165) is 6.92 Å². The zero-order valence-electron chi connectivity index (χ0n) is 18.1. The van der Waals surface area contributed by atoms with Gasteiger partial charge in [-0.05, 0) is 26.0 Å². The number of esters is 4. The Balaban J connectivity index is 1.82. The summed E-state index contributed by atoms with van der Waals surface area (Å²) in [5.41, 5.74) is -1.27. The van der Waals surface area contributed by atoms with Crippen LogP contribution in [0.1, 0.15) is 20.8 Å². The number of fused-ring (bicyclic) bond motifs is 2. The third-order valence-corrected chi connectivity index (χ3v) is 6.12. The number of rotatable bonds is 4. The van der Waals surface area contributed by atoms with E-state index in [0.29, 0.717) is 0 Å². The van der Waals surface area contributed by atoms with Crippen LogP contribution in [0.3, 0.4) is 0 Å². The van der Waals surface area contributed by atoms with E-state index in [4.69, 9.17) is 28.4 Å². The van der Waals surface area contributed by atoms with Crippen LogP contribution in [0.2, 0.25) is 0 Å². The zero-order valence-corrected chi connectivity index (χ0v) is 18.1. The monoisotopic (exact) mass is 448 g/mol. The second-order valence-corrected chi connectivity index (χ2v) is 8.25. The number of hydrogen-bond donors (Lipinski definition) is 0. The summed E-state index contributed by atoms with van der Waals surface area (Å²) in [5.74, 6) is -3.89. The first-order chi connectivity index (χ1) is 15.1. The van der Waals surface area contributed by atoms with Crippen LogP contribution in [0.5, 0.6) is 0 Å². The molecular weight excluding hydrogens is 424 g/mol. The second-order valence-electron chi connectivity index (χ2n) is 8.25. The Labute approximate surface area is 184 Å². The van der Waals surface area contributed by atoms with Gasteiger partial charge in [0.25, 0.3) is 0 Å². The van der Waals surface area contributed by atoms with E-state index in [9.17, 15) is 19.2 Å². The lowest BCUT2D eigenvalue weighted by Gasteiger charge is -2.33. The molecule has 0 aromatic carbocycles. The highest BCUT2D eigenvalue weighted by molar-refractivity contribution is 5.93. The van der Waals surface area contributed by atoms with E-state index >= 15 is 0 Å². The highest BCUT2D eigenvalue weighted by atomic mass is 16.7. The van der Waals surface area contributed by atoms with Gasteiger partial charge in [0.1, 0.15) is 18.3 Å². The van der Waals surface area contributed by atoms with E-state index in [1.807, 2.05) is 0 Å². The fourth-order valence-electron chi connectivity index (χ4n) is 3.97. The van der Waals surface area contributed by atoms with Gasteiger partial charge in [-0.2, -0.15) is 0 Å². The normalized spacial score (nSPS) is 41.2. The summed E-state index contributed by atoms with van der Waals surface area (Å²) < 4.78 is 32.4. The Morgan fingerprint density at radius 1 is 1.12 bits per heavy atom. The lowest BCUT2D eigenvalue weighted by molar-refractivity contribution is -0.173. The molecule has 10 heteroatoms. The summed E-state index contributed by atoms with van der Waals surface area (Å²) in [6.45, 7) is 8.20. The lowest BCUT2D eigenvalue weighted by atomic mass is 9.84. The molecule has 4 aliphatic rings. The molecule has 0 unspecified atom stereocenters. The van der Waals surface area contributed by atoms with Crippen LogP contribution in [0.25, 0.3) is 0 Å². The predicted molar refractivity (Wildman–Crippen MR) is 105 cm³/mol. The molecule has 4 rings (SSSR count). The average Bonchev–Trinajstić information content (AvgIpc) is 3.60.